The second-order valence-electron chi connectivity index (χ2n) is 5.94. The lowest BCUT2D eigenvalue weighted by Crippen LogP contribution is -2.47. The Kier molecular flexibility index (Phi) is 4.32. The van der Waals surface area contributed by atoms with Crippen molar-refractivity contribution in [3.8, 4) is 5.75 Å². The Labute approximate surface area is 130 Å². The van der Waals surface area contributed by atoms with Gasteiger partial charge in [-0.3, -0.25) is 4.79 Å². The van der Waals surface area contributed by atoms with E-state index in [1.54, 1.807) is 7.11 Å². The highest BCUT2D eigenvalue weighted by Gasteiger charge is 2.35. The Morgan fingerprint density at radius 1 is 1.32 bits per heavy atom. The fourth-order valence-corrected chi connectivity index (χ4v) is 3.07. The molecule has 118 valence electrons. The molecular weight excluding hydrogens is 280 g/mol. The molecule has 0 radical (unpaired) electrons. The Hall–Kier alpha value is -2.04. The summed E-state index contributed by atoms with van der Waals surface area (Å²) >= 11 is 0. The molecule has 1 saturated heterocycles. The second kappa shape index (κ2) is 6.38. The summed E-state index contributed by atoms with van der Waals surface area (Å²) in [5.41, 5.74) is 1.80. The molecule has 2 heterocycles. The van der Waals surface area contributed by atoms with Crippen molar-refractivity contribution in [2.24, 2.45) is 5.16 Å². The fraction of sp³-hybridized carbons (Fsp3) is 0.529. The monoisotopic (exact) mass is 302 g/mol. The summed E-state index contributed by atoms with van der Waals surface area (Å²) in [6, 6.07) is 7.96. The molecule has 0 spiro atoms. The summed E-state index contributed by atoms with van der Waals surface area (Å²) in [5.74, 6) is 0.873. The maximum atomic E-state index is 12.6. The van der Waals surface area contributed by atoms with Crippen LogP contribution in [0.5, 0.6) is 5.75 Å². The van der Waals surface area contributed by atoms with Crippen LogP contribution >= 0.6 is 0 Å². The molecule has 2 aliphatic heterocycles. The Morgan fingerprint density at radius 3 is 2.77 bits per heavy atom. The van der Waals surface area contributed by atoms with Gasteiger partial charge in [-0.1, -0.05) is 5.16 Å². The van der Waals surface area contributed by atoms with E-state index in [-0.39, 0.29) is 5.91 Å². The van der Waals surface area contributed by atoms with E-state index < -0.39 is 6.10 Å². The summed E-state index contributed by atoms with van der Waals surface area (Å²) in [6.07, 6.45) is 3.41. The molecule has 22 heavy (non-hydrogen) atoms. The Bertz CT molecular complexity index is 568. The van der Waals surface area contributed by atoms with Gasteiger partial charge in [0.1, 0.15) is 5.75 Å². The number of hydrogen-bond donors (Lipinski definition) is 0. The number of methoxy groups -OCH3 is 1. The summed E-state index contributed by atoms with van der Waals surface area (Å²) in [5, 5.41) is 4.11. The highest BCUT2D eigenvalue weighted by atomic mass is 16.6. The van der Waals surface area contributed by atoms with Gasteiger partial charge >= 0.3 is 0 Å². The zero-order valence-corrected chi connectivity index (χ0v) is 13.1. The zero-order valence-electron chi connectivity index (χ0n) is 13.1. The van der Waals surface area contributed by atoms with Crippen molar-refractivity contribution in [1.82, 2.24) is 4.90 Å². The zero-order chi connectivity index (χ0) is 15.5. The standard InChI is InChI=1S/C17H22N2O3/c1-12-5-3-4-10-19(12)17(20)16-11-15(18-22-16)13-6-8-14(21-2)9-7-13/h6-9,12,16H,3-5,10-11H2,1-2H3/t12-,16-/m0/s1. The second-order valence-corrected chi connectivity index (χ2v) is 5.94. The molecule has 0 saturated carbocycles. The number of carbonyl (C=O) groups is 1. The lowest BCUT2D eigenvalue weighted by molar-refractivity contribution is -0.145. The predicted molar refractivity (Wildman–Crippen MR) is 84.0 cm³/mol. The molecule has 0 aliphatic carbocycles. The van der Waals surface area contributed by atoms with Gasteiger partial charge in [0.05, 0.1) is 12.8 Å². The number of nitrogens with zero attached hydrogens (tertiary/aromatic N) is 2. The van der Waals surface area contributed by atoms with E-state index in [4.69, 9.17) is 9.57 Å². The molecule has 0 aromatic heterocycles. The minimum absolute atomic E-state index is 0.0689. The molecule has 0 N–H and O–H groups in total. The topological polar surface area (TPSA) is 51.1 Å². The molecule has 2 atom stereocenters. The van der Waals surface area contributed by atoms with Crippen LogP contribution in [0, 0.1) is 0 Å². The van der Waals surface area contributed by atoms with Crippen molar-refractivity contribution in [1.29, 1.82) is 0 Å². The largest absolute Gasteiger partial charge is 0.497 e. The molecule has 0 bridgehead atoms. The fourth-order valence-electron chi connectivity index (χ4n) is 3.07. The van der Waals surface area contributed by atoms with Crippen LogP contribution in [-0.2, 0) is 9.63 Å². The molecule has 2 aliphatic rings. The third kappa shape index (κ3) is 2.93. The highest BCUT2D eigenvalue weighted by Crippen LogP contribution is 2.23. The van der Waals surface area contributed by atoms with E-state index >= 15 is 0 Å². The lowest BCUT2D eigenvalue weighted by Gasteiger charge is -2.34. The minimum Gasteiger partial charge on any atom is -0.497 e. The average molecular weight is 302 g/mol. The summed E-state index contributed by atoms with van der Waals surface area (Å²) < 4.78 is 5.15. The third-order valence-corrected chi connectivity index (χ3v) is 4.45. The van der Waals surface area contributed by atoms with E-state index in [9.17, 15) is 4.79 Å². The first kappa shape index (κ1) is 14.9. The van der Waals surface area contributed by atoms with Gasteiger partial charge < -0.3 is 14.5 Å². The highest BCUT2D eigenvalue weighted by molar-refractivity contribution is 6.04. The first-order valence-electron chi connectivity index (χ1n) is 7.86. The van der Waals surface area contributed by atoms with Crippen LogP contribution in [-0.4, -0.2) is 42.3 Å². The number of benzene rings is 1. The van der Waals surface area contributed by atoms with Crippen molar-refractivity contribution < 1.29 is 14.4 Å². The quantitative estimate of drug-likeness (QED) is 0.862. The maximum Gasteiger partial charge on any atom is 0.267 e. The van der Waals surface area contributed by atoms with Gasteiger partial charge in [0.25, 0.3) is 5.91 Å². The van der Waals surface area contributed by atoms with Crippen LogP contribution in [0.2, 0.25) is 0 Å². The molecule has 5 nitrogen and oxygen atoms in total. The molecule has 1 aromatic rings. The van der Waals surface area contributed by atoms with Crippen LogP contribution in [0.25, 0.3) is 0 Å². The number of ether oxygens (including phenoxy) is 1. The first-order valence-corrected chi connectivity index (χ1v) is 7.86. The average Bonchev–Trinajstić information content (AvgIpc) is 3.05. The summed E-state index contributed by atoms with van der Waals surface area (Å²) in [4.78, 5) is 19.9. The van der Waals surface area contributed by atoms with Gasteiger partial charge in [-0.2, -0.15) is 0 Å². The normalized spacial score (nSPS) is 24.6. The van der Waals surface area contributed by atoms with E-state index in [1.807, 2.05) is 29.2 Å². The van der Waals surface area contributed by atoms with Gasteiger partial charge in [0.2, 0.25) is 6.10 Å². The number of rotatable bonds is 3. The van der Waals surface area contributed by atoms with Crippen molar-refractivity contribution in [3.63, 3.8) is 0 Å². The molecular formula is C17H22N2O3. The van der Waals surface area contributed by atoms with E-state index in [0.717, 1.165) is 36.4 Å². The van der Waals surface area contributed by atoms with Crippen LogP contribution in [0.4, 0.5) is 0 Å². The third-order valence-electron chi connectivity index (χ3n) is 4.45. The molecule has 3 rings (SSSR count). The summed E-state index contributed by atoms with van der Waals surface area (Å²) in [6.45, 7) is 2.94. The van der Waals surface area contributed by atoms with Crippen LogP contribution in [0.3, 0.4) is 0 Å². The van der Waals surface area contributed by atoms with E-state index in [2.05, 4.69) is 12.1 Å². The van der Waals surface area contributed by atoms with Crippen molar-refractivity contribution >= 4 is 11.6 Å². The number of carbonyl (C=O) groups excluding carboxylic acids is 1. The van der Waals surface area contributed by atoms with E-state index in [1.165, 1.54) is 6.42 Å². The van der Waals surface area contributed by atoms with Gasteiger partial charge in [-0.15, -0.1) is 0 Å². The number of hydrogen-bond acceptors (Lipinski definition) is 4. The maximum absolute atomic E-state index is 12.6. The van der Waals surface area contributed by atoms with Gasteiger partial charge in [-0.05, 0) is 56.0 Å². The van der Waals surface area contributed by atoms with E-state index in [0.29, 0.717) is 12.5 Å². The Morgan fingerprint density at radius 2 is 2.09 bits per heavy atom. The first-order chi connectivity index (χ1) is 10.7. The lowest BCUT2D eigenvalue weighted by atomic mass is 10.0. The van der Waals surface area contributed by atoms with Crippen LogP contribution < -0.4 is 4.74 Å². The number of piperidine rings is 1. The van der Waals surface area contributed by atoms with Crippen LogP contribution in [0.1, 0.15) is 38.2 Å². The molecule has 0 unspecified atom stereocenters. The molecule has 5 heteroatoms. The molecule has 1 amide bonds. The van der Waals surface area contributed by atoms with Gasteiger partial charge in [0.15, 0.2) is 0 Å². The van der Waals surface area contributed by atoms with Crippen molar-refractivity contribution in [3.05, 3.63) is 29.8 Å². The molecule has 1 aromatic carbocycles. The Balaban J connectivity index is 1.64. The predicted octanol–water partition coefficient (Wildman–Crippen LogP) is 2.59. The van der Waals surface area contributed by atoms with Gasteiger partial charge in [0, 0.05) is 19.0 Å². The van der Waals surface area contributed by atoms with Crippen molar-refractivity contribution in [2.45, 2.75) is 44.8 Å². The SMILES string of the molecule is COc1ccc(C2=NO[C@H](C(=O)N3CCCC[C@@H]3C)C2)cc1. The summed E-state index contributed by atoms with van der Waals surface area (Å²) in [7, 11) is 1.64. The minimum atomic E-state index is -0.474. The smallest absolute Gasteiger partial charge is 0.267 e. The number of amides is 1. The van der Waals surface area contributed by atoms with Crippen molar-refractivity contribution in [2.75, 3.05) is 13.7 Å². The number of likely N-dealkylation sites (tertiary alicyclic amines) is 1. The van der Waals surface area contributed by atoms with Crippen LogP contribution in [0.15, 0.2) is 29.4 Å². The van der Waals surface area contributed by atoms with Gasteiger partial charge in [-0.25, -0.2) is 0 Å². The molecule has 1 fully saturated rings. The number of oxime groups is 1.